The highest BCUT2D eigenvalue weighted by Gasteiger charge is 2.20. The molecule has 0 saturated carbocycles. The Labute approximate surface area is 166 Å². The summed E-state index contributed by atoms with van der Waals surface area (Å²) in [7, 11) is 0. The molecular weight excluding hydrogens is 370 g/mol. The van der Waals surface area contributed by atoms with Gasteiger partial charge in [0, 0.05) is 16.6 Å². The van der Waals surface area contributed by atoms with Crippen LogP contribution in [0.5, 0.6) is 0 Å². The van der Waals surface area contributed by atoms with E-state index in [1.807, 2.05) is 66.9 Å². The van der Waals surface area contributed by atoms with E-state index in [0.29, 0.717) is 15.9 Å². The summed E-state index contributed by atoms with van der Waals surface area (Å²) in [5, 5.41) is 5.34. The van der Waals surface area contributed by atoms with Crippen molar-refractivity contribution < 1.29 is 4.79 Å². The number of rotatable bonds is 4. The third-order valence-corrected chi connectivity index (χ3v) is 5.61. The monoisotopic (exact) mass is 389 g/mol. The van der Waals surface area contributed by atoms with E-state index < -0.39 is 6.04 Å². The zero-order chi connectivity index (χ0) is 19.7. The van der Waals surface area contributed by atoms with Gasteiger partial charge in [0.1, 0.15) is 10.9 Å². The van der Waals surface area contributed by atoms with E-state index in [9.17, 15) is 9.59 Å². The summed E-state index contributed by atoms with van der Waals surface area (Å²) >= 11 is 1.43. The standard InChI is InChI=1S/C22H19N3O2S/c1-14-8-10-16(11-9-14)18-12-28-21-19(18)22(27)25(13-23-21)15(2)20(26)24-17-6-4-3-5-7-17/h3-13,15H,1-2H3,(H,24,26)/t15-/m0/s1. The molecule has 0 aliphatic rings. The number of amides is 1. The smallest absolute Gasteiger partial charge is 0.263 e. The zero-order valence-electron chi connectivity index (χ0n) is 15.5. The zero-order valence-corrected chi connectivity index (χ0v) is 16.4. The van der Waals surface area contributed by atoms with Gasteiger partial charge in [-0.2, -0.15) is 0 Å². The van der Waals surface area contributed by atoms with Crippen LogP contribution in [0.3, 0.4) is 0 Å². The van der Waals surface area contributed by atoms with E-state index in [-0.39, 0.29) is 11.5 Å². The number of benzene rings is 2. The molecule has 1 atom stereocenters. The summed E-state index contributed by atoms with van der Waals surface area (Å²) < 4.78 is 1.39. The quantitative estimate of drug-likeness (QED) is 0.553. The number of thiophene rings is 1. The SMILES string of the molecule is Cc1ccc(-c2csc3ncn([C@@H](C)C(=O)Nc4ccccc4)c(=O)c23)cc1. The van der Waals surface area contributed by atoms with E-state index in [4.69, 9.17) is 0 Å². The van der Waals surface area contributed by atoms with Crippen molar-refractivity contribution in [3.8, 4) is 11.1 Å². The molecule has 0 saturated heterocycles. The number of aryl methyl sites for hydroxylation is 1. The molecule has 0 fully saturated rings. The molecule has 6 heteroatoms. The Morgan fingerprint density at radius 3 is 2.54 bits per heavy atom. The summed E-state index contributed by atoms with van der Waals surface area (Å²) in [4.78, 5) is 30.9. The third-order valence-electron chi connectivity index (χ3n) is 4.72. The number of fused-ring (bicyclic) bond motifs is 1. The minimum absolute atomic E-state index is 0.211. The highest BCUT2D eigenvalue weighted by molar-refractivity contribution is 7.17. The predicted molar refractivity (Wildman–Crippen MR) is 114 cm³/mol. The lowest BCUT2D eigenvalue weighted by Gasteiger charge is -2.15. The van der Waals surface area contributed by atoms with E-state index in [1.165, 1.54) is 22.2 Å². The van der Waals surface area contributed by atoms with Crippen molar-refractivity contribution >= 4 is 33.1 Å². The first-order valence-electron chi connectivity index (χ1n) is 8.96. The Hall–Kier alpha value is -3.25. The average Bonchev–Trinajstić information content (AvgIpc) is 3.14. The van der Waals surface area contributed by atoms with Gasteiger partial charge < -0.3 is 5.32 Å². The molecule has 2 aromatic heterocycles. The second kappa shape index (κ2) is 7.40. The van der Waals surface area contributed by atoms with E-state index in [1.54, 1.807) is 6.92 Å². The molecule has 4 rings (SSSR count). The highest BCUT2D eigenvalue weighted by atomic mass is 32.1. The number of hydrogen-bond donors (Lipinski definition) is 1. The normalized spacial score (nSPS) is 12.1. The van der Waals surface area contributed by atoms with Crippen molar-refractivity contribution in [3.05, 3.63) is 82.2 Å². The maximum absolute atomic E-state index is 13.2. The second-order valence-corrected chi connectivity index (χ2v) is 7.54. The molecule has 2 aromatic carbocycles. The van der Waals surface area contributed by atoms with Crippen molar-refractivity contribution in [1.29, 1.82) is 0 Å². The molecular formula is C22H19N3O2S. The van der Waals surface area contributed by atoms with Gasteiger partial charge in [0.25, 0.3) is 5.56 Å². The minimum atomic E-state index is -0.685. The number of nitrogens with one attached hydrogen (secondary N) is 1. The maximum Gasteiger partial charge on any atom is 0.263 e. The fourth-order valence-electron chi connectivity index (χ4n) is 3.06. The van der Waals surface area contributed by atoms with Gasteiger partial charge >= 0.3 is 0 Å². The Bertz CT molecular complexity index is 1190. The maximum atomic E-state index is 13.2. The van der Waals surface area contributed by atoms with Crippen LogP contribution in [0.2, 0.25) is 0 Å². The minimum Gasteiger partial charge on any atom is -0.324 e. The number of aromatic nitrogens is 2. The first kappa shape index (κ1) is 18.1. The largest absolute Gasteiger partial charge is 0.324 e. The number of para-hydroxylation sites is 1. The number of carbonyl (C=O) groups is 1. The van der Waals surface area contributed by atoms with Crippen molar-refractivity contribution in [1.82, 2.24) is 9.55 Å². The summed E-state index contributed by atoms with van der Waals surface area (Å²) in [5.74, 6) is -0.262. The Kier molecular flexibility index (Phi) is 4.79. The summed E-state index contributed by atoms with van der Waals surface area (Å²) in [6, 6.07) is 16.5. The van der Waals surface area contributed by atoms with Gasteiger partial charge in [0.05, 0.1) is 11.7 Å². The van der Waals surface area contributed by atoms with Crippen molar-refractivity contribution in [3.63, 3.8) is 0 Å². The third kappa shape index (κ3) is 3.34. The van der Waals surface area contributed by atoms with Crippen molar-refractivity contribution in [2.45, 2.75) is 19.9 Å². The van der Waals surface area contributed by atoms with Crippen molar-refractivity contribution in [2.75, 3.05) is 5.32 Å². The van der Waals surface area contributed by atoms with Crippen LogP contribution in [0.1, 0.15) is 18.5 Å². The van der Waals surface area contributed by atoms with Crippen LogP contribution in [-0.4, -0.2) is 15.5 Å². The highest BCUT2D eigenvalue weighted by Crippen LogP contribution is 2.31. The number of hydrogen-bond acceptors (Lipinski definition) is 4. The topological polar surface area (TPSA) is 64.0 Å². The number of nitrogens with zero attached hydrogens (tertiary/aromatic N) is 2. The van der Waals surface area contributed by atoms with Gasteiger partial charge in [0.2, 0.25) is 5.91 Å². The van der Waals surface area contributed by atoms with Crippen LogP contribution < -0.4 is 10.9 Å². The van der Waals surface area contributed by atoms with Crippen LogP contribution in [0.4, 0.5) is 5.69 Å². The lowest BCUT2D eigenvalue weighted by molar-refractivity contribution is -0.118. The molecule has 0 bridgehead atoms. The van der Waals surface area contributed by atoms with Gasteiger partial charge in [-0.3, -0.25) is 14.2 Å². The van der Waals surface area contributed by atoms with E-state index in [2.05, 4.69) is 10.3 Å². The predicted octanol–water partition coefficient (Wildman–Crippen LogP) is 4.63. The molecule has 0 unspecified atom stereocenters. The lowest BCUT2D eigenvalue weighted by Crippen LogP contribution is -2.31. The number of carbonyl (C=O) groups excluding carboxylic acids is 1. The molecule has 0 aliphatic carbocycles. The summed E-state index contributed by atoms with van der Waals surface area (Å²) in [6.07, 6.45) is 1.45. The van der Waals surface area contributed by atoms with E-state index >= 15 is 0 Å². The van der Waals surface area contributed by atoms with Crippen LogP contribution in [-0.2, 0) is 4.79 Å². The van der Waals surface area contributed by atoms with Crippen LogP contribution in [0.15, 0.2) is 71.1 Å². The molecule has 1 amide bonds. The fraction of sp³-hybridized carbons (Fsp3) is 0.136. The summed E-state index contributed by atoms with van der Waals surface area (Å²) in [5.41, 5.74) is 3.46. The Morgan fingerprint density at radius 1 is 1.11 bits per heavy atom. The van der Waals surface area contributed by atoms with Gasteiger partial charge in [-0.1, -0.05) is 48.0 Å². The lowest BCUT2D eigenvalue weighted by atomic mass is 10.0. The first-order valence-corrected chi connectivity index (χ1v) is 9.84. The molecule has 5 nitrogen and oxygen atoms in total. The molecule has 0 aliphatic heterocycles. The molecule has 0 radical (unpaired) electrons. The second-order valence-electron chi connectivity index (χ2n) is 6.68. The molecule has 1 N–H and O–H groups in total. The van der Waals surface area contributed by atoms with Gasteiger partial charge in [0.15, 0.2) is 0 Å². The Morgan fingerprint density at radius 2 is 1.82 bits per heavy atom. The molecule has 0 spiro atoms. The van der Waals surface area contributed by atoms with Gasteiger partial charge in [-0.25, -0.2) is 4.98 Å². The molecule has 28 heavy (non-hydrogen) atoms. The van der Waals surface area contributed by atoms with Crippen LogP contribution >= 0.6 is 11.3 Å². The van der Waals surface area contributed by atoms with Gasteiger partial charge in [-0.15, -0.1) is 11.3 Å². The van der Waals surface area contributed by atoms with Crippen molar-refractivity contribution in [2.24, 2.45) is 0 Å². The summed E-state index contributed by atoms with van der Waals surface area (Å²) in [6.45, 7) is 3.72. The van der Waals surface area contributed by atoms with E-state index in [0.717, 1.165) is 16.7 Å². The average molecular weight is 389 g/mol. The molecule has 2 heterocycles. The first-order chi connectivity index (χ1) is 13.5. The number of anilines is 1. The molecule has 4 aromatic rings. The molecule has 140 valence electrons. The van der Waals surface area contributed by atoms with Crippen LogP contribution in [0, 0.1) is 6.92 Å². The Balaban J connectivity index is 1.73. The van der Waals surface area contributed by atoms with Crippen LogP contribution in [0.25, 0.3) is 21.3 Å². The fourth-order valence-corrected chi connectivity index (χ4v) is 3.97. The van der Waals surface area contributed by atoms with Gasteiger partial charge in [-0.05, 0) is 31.5 Å².